The van der Waals surface area contributed by atoms with Crippen LogP contribution in [0.15, 0.2) is 24.3 Å². The summed E-state index contributed by atoms with van der Waals surface area (Å²) in [7, 11) is 0. The van der Waals surface area contributed by atoms with E-state index in [-0.39, 0.29) is 19.8 Å². The van der Waals surface area contributed by atoms with Crippen LogP contribution in [-0.2, 0) is 9.47 Å². The molecule has 1 aromatic rings. The number of hydrogen-bond donors (Lipinski definition) is 0. The van der Waals surface area contributed by atoms with Gasteiger partial charge in [-0.25, -0.2) is 0 Å². The summed E-state index contributed by atoms with van der Waals surface area (Å²) in [5, 5.41) is 0. The summed E-state index contributed by atoms with van der Waals surface area (Å²) in [4.78, 5) is 0. The molecule has 0 unspecified atom stereocenters. The number of benzene rings is 1. The highest BCUT2D eigenvalue weighted by atomic mass is 19.2. The molecule has 89 valence electrons. The first kappa shape index (κ1) is 12.9. The average molecular weight is 227 g/mol. The Morgan fingerprint density at radius 3 is 2.44 bits per heavy atom. The fourth-order valence-electron chi connectivity index (χ4n) is 1.19. The monoisotopic (exact) mass is 227 g/mol. The second-order valence-electron chi connectivity index (χ2n) is 3.04. The van der Waals surface area contributed by atoms with Gasteiger partial charge in [-0.3, -0.25) is 0 Å². The van der Waals surface area contributed by atoms with Gasteiger partial charge in [0.05, 0.1) is 13.2 Å². The van der Waals surface area contributed by atoms with E-state index in [4.69, 9.17) is 14.2 Å². The smallest absolute Gasteiger partial charge is 0.355 e. The molecule has 0 aliphatic carbocycles. The number of rotatable bonds is 7. The molecule has 3 nitrogen and oxygen atoms in total. The van der Waals surface area contributed by atoms with E-state index >= 15 is 0 Å². The Kier molecular flexibility index (Phi) is 5.22. The minimum absolute atomic E-state index is 0.221. The maximum atomic E-state index is 13.9. The second-order valence-corrected chi connectivity index (χ2v) is 3.04. The Morgan fingerprint density at radius 1 is 1.25 bits per heavy atom. The Hall–Kier alpha value is -1.13. The first-order chi connectivity index (χ1) is 7.70. The van der Waals surface area contributed by atoms with Crippen LogP contribution in [0.4, 0.5) is 4.39 Å². The fraction of sp³-hybridized carbons (Fsp3) is 0.500. The van der Waals surface area contributed by atoms with Crippen molar-refractivity contribution in [2.24, 2.45) is 0 Å². The zero-order valence-corrected chi connectivity index (χ0v) is 9.53. The van der Waals surface area contributed by atoms with Crippen LogP contribution in [0, 0.1) is 6.07 Å². The van der Waals surface area contributed by atoms with Gasteiger partial charge in [0, 0.05) is 6.07 Å². The molecule has 0 bridgehead atoms. The molecule has 0 N–H and O–H groups in total. The zero-order valence-electron chi connectivity index (χ0n) is 9.53. The predicted octanol–water partition coefficient (Wildman–Crippen LogP) is 2.56. The largest absolute Gasteiger partial charge is 0.484 e. The number of alkyl halides is 1. The van der Waals surface area contributed by atoms with Crippen LogP contribution >= 0.6 is 0 Å². The summed E-state index contributed by atoms with van der Waals surface area (Å²) in [6, 6.07) is 7.61. The van der Waals surface area contributed by atoms with Crippen molar-refractivity contribution in [3.63, 3.8) is 0 Å². The van der Waals surface area contributed by atoms with Crippen LogP contribution in [0.25, 0.3) is 0 Å². The second kappa shape index (κ2) is 6.45. The van der Waals surface area contributed by atoms with Crippen LogP contribution in [-0.4, -0.2) is 25.9 Å². The molecule has 0 aromatic heterocycles. The van der Waals surface area contributed by atoms with E-state index in [1.54, 1.807) is 38.1 Å². The van der Waals surface area contributed by atoms with E-state index < -0.39 is 6.04 Å². The van der Waals surface area contributed by atoms with E-state index in [9.17, 15) is 4.39 Å². The average Bonchev–Trinajstić information content (AvgIpc) is 2.29. The molecule has 0 aliphatic rings. The van der Waals surface area contributed by atoms with E-state index in [0.717, 1.165) is 0 Å². The standard InChI is InChI=1S/C12H16FO3/c1-3-15-12(13,16-4-2)10-14-11-8-6-5-7-9-11/h5-8H,3-4,10H2,1-2H3. The van der Waals surface area contributed by atoms with Crippen LogP contribution in [0.2, 0.25) is 0 Å². The lowest BCUT2D eigenvalue weighted by Crippen LogP contribution is -2.37. The van der Waals surface area contributed by atoms with Gasteiger partial charge in [-0.05, 0) is 19.9 Å². The minimum atomic E-state index is -2.19. The molecule has 4 heteroatoms. The first-order valence-corrected chi connectivity index (χ1v) is 5.26. The van der Waals surface area contributed by atoms with Crippen molar-refractivity contribution in [3.05, 3.63) is 30.3 Å². The third kappa shape index (κ3) is 4.16. The van der Waals surface area contributed by atoms with Crippen molar-refractivity contribution >= 4 is 0 Å². The Labute approximate surface area is 95.1 Å². The zero-order chi connectivity index (χ0) is 11.9. The summed E-state index contributed by atoms with van der Waals surface area (Å²) in [6.07, 6.45) is 0. The highest BCUT2D eigenvalue weighted by molar-refractivity contribution is 5.19. The van der Waals surface area contributed by atoms with E-state index in [0.29, 0.717) is 5.75 Å². The molecule has 16 heavy (non-hydrogen) atoms. The lowest BCUT2D eigenvalue weighted by atomic mass is 10.3. The van der Waals surface area contributed by atoms with Gasteiger partial charge in [0.1, 0.15) is 5.75 Å². The molecule has 0 amide bonds. The predicted molar refractivity (Wildman–Crippen MR) is 57.9 cm³/mol. The molecular weight excluding hydrogens is 211 g/mol. The normalized spacial score (nSPS) is 11.4. The lowest BCUT2D eigenvalue weighted by molar-refractivity contribution is -0.323. The SMILES string of the molecule is CCOC(F)(COc1[c]cccc1)OCC. The van der Waals surface area contributed by atoms with E-state index in [1.807, 2.05) is 0 Å². The van der Waals surface area contributed by atoms with Gasteiger partial charge in [-0.15, -0.1) is 0 Å². The number of hydrogen-bond acceptors (Lipinski definition) is 3. The molecule has 1 rings (SSSR count). The van der Waals surface area contributed by atoms with E-state index in [2.05, 4.69) is 6.07 Å². The summed E-state index contributed by atoms with van der Waals surface area (Å²) in [5.74, 6) is 0.462. The summed E-state index contributed by atoms with van der Waals surface area (Å²) in [5.41, 5.74) is 0. The van der Waals surface area contributed by atoms with Crippen molar-refractivity contribution in [2.45, 2.75) is 19.9 Å². The van der Waals surface area contributed by atoms with Crippen LogP contribution in [0.5, 0.6) is 5.75 Å². The number of ether oxygens (including phenoxy) is 3. The summed E-state index contributed by atoms with van der Waals surface area (Å²) in [6.45, 7) is 3.52. The minimum Gasteiger partial charge on any atom is -0.484 e. The molecule has 0 heterocycles. The van der Waals surface area contributed by atoms with Gasteiger partial charge in [0.2, 0.25) is 0 Å². The Morgan fingerprint density at radius 2 is 1.94 bits per heavy atom. The van der Waals surface area contributed by atoms with Crippen molar-refractivity contribution < 1.29 is 18.6 Å². The van der Waals surface area contributed by atoms with Crippen molar-refractivity contribution in [2.75, 3.05) is 19.8 Å². The summed E-state index contributed by atoms with van der Waals surface area (Å²) >= 11 is 0. The number of halogens is 1. The maximum absolute atomic E-state index is 13.9. The quantitative estimate of drug-likeness (QED) is 0.670. The molecule has 0 spiro atoms. The lowest BCUT2D eigenvalue weighted by Gasteiger charge is -2.24. The molecule has 0 fully saturated rings. The molecule has 1 aromatic carbocycles. The van der Waals surface area contributed by atoms with Crippen molar-refractivity contribution in [1.29, 1.82) is 0 Å². The van der Waals surface area contributed by atoms with Gasteiger partial charge in [0.25, 0.3) is 0 Å². The van der Waals surface area contributed by atoms with Crippen LogP contribution in [0.1, 0.15) is 13.8 Å². The first-order valence-electron chi connectivity index (χ1n) is 5.26. The summed E-state index contributed by atoms with van der Waals surface area (Å²) < 4.78 is 28.8. The molecule has 1 radical (unpaired) electrons. The molecule has 0 atom stereocenters. The maximum Gasteiger partial charge on any atom is 0.355 e. The highest BCUT2D eigenvalue weighted by Crippen LogP contribution is 2.18. The third-order valence-electron chi connectivity index (χ3n) is 1.80. The van der Waals surface area contributed by atoms with Crippen LogP contribution in [0.3, 0.4) is 0 Å². The van der Waals surface area contributed by atoms with Crippen molar-refractivity contribution in [3.8, 4) is 5.75 Å². The highest BCUT2D eigenvalue weighted by Gasteiger charge is 2.32. The van der Waals surface area contributed by atoms with Crippen LogP contribution < -0.4 is 4.74 Å². The van der Waals surface area contributed by atoms with Gasteiger partial charge < -0.3 is 14.2 Å². The van der Waals surface area contributed by atoms with Gasteiger partial charge in [-0.2, -0.15) is 4.39 Å². The third-order valence-corrected chi connectivity index (χ3v) is 1.80. The molecular formula is C12H16FO3. The van der Waals surface area contributed by atoms with Crippen molar-refractivity contribution in [1.82, 2.24) is 0 Å². The van der Waals surface area contributed by atoms with Gasteiger partial charge >= 0.3 is 6.04 Å². The fourth-order valence-corrected chi connectivity index (χ4v) is 1.19. The van der Waals surface area contributed by atoms with Gasteiger partial charge in [0.15, 0.2) is 6.61 Å². The molecule has 0 aliphatic heterocycles. The Bertz CT molecular complexity index is 284. The Balaban J connectivity index is 2.49. The molecule has 0 saturated heterocycles. The number of para-hydroxylation sites is 1. The topological polar surface area (TPSA) is 27.7 Å². The molecule has 0 saturated carbocycles. The van der Waals surface area contributed by atoms with Gasteiger partial charge in [-0.1, -0.05) is 18.2 Å². The van der Waals surface area contributed by atoms with E-state index in [1.165, 1.54) is 0 Å².